The van der Waals surface area contributed by atoms with Crippen molar-refractivity contribution in [3.05, 3.63) is 0 Å². The molecule has 0 aromatic heterocycles. The number of hydrogen-bond acceptors (Lipinski definition) is 2. The van der Waals surface area contributed by atoms with Crippen LogP contribution in [-0.4, -0.2) is 9.20 Å². The van der Waals surface area contributed by atoms with Gasteiger partial charge in [0.05, 0.1) is 5.97 Å². The zero-order valence-corrected chi connectivity index (χ0v) is 8.16. The highest BCUT2D eigenvalue weighted by Crippen LogP contribution is 2.30. The molecule has 0 radical (unpaired) electrons. The number of carboxylic acid groups (broad SMARTS) is 1. The van der Waals surface area contributed by atoms with Crippen LogP contribution in [-0.2, 0) is 4.79 Å². The number of carbonyl (C=O) groups is 1. The van der Waals surface area contributed by atoms with Crippen molar-refractivity contribution in [2.75, 3.05) is 0 Å². The highest BCUT2D eigenvalue weighted by molar-refractivity contribution is 9.25. The van der Waals surface area contributed by atoms with Gasteiger partial charge in [0.25, 0.3) is 0 Å². The minimum absolute atomic E-state index is 0.523. The predicted molar refractivity (Wildman–Crippen MR) is 40.5 cm³/mol. The van der Waals surface area contributed by atoms with E-state index in [2.05, 4.69) is 31.9 Å². The van der Waals surface area contributed by atoms with Crippen LogP contribution in [0.3, 0.4) is 0 Å². The first-order chi connectivity index (χ1) is 4.00. The summed E-state index contributed by atoms with van der Waals surface area (Å²) >= 11 is 5.92. The van der Waals surface area contributed by atoms with Crippen molar-refractivity contribution in [3.8, 4) is 0 Å². The maximum absolute atomic E-state index is 10.2. The molecule has 0 heterocycles. The van der Waals surface area contributed by atoms with E-state index in [1.54, 1.807) is 0 Å². The summed E-state index contributed by atoms with van der Waals surface area (Å²) in [7, 11) is 0. The molecule has 0 aliphatic rings. The van der Waals surface area contributed by atoms with Crippen molar-refractivity contribution in [2.45, 2.75) is 23.0 Å². The summed E-state index contributed by atoms with van der Waals surface area (Å²) in [5, 5.41) is 10.2. The fourth-order valence-corrected chi connectivity index (χ4v) is 1.21. The lowest BCUT2D eigenvalue weighted by molar-refractivity contribution is -0.305. The average molecular weight is 259 g/mol. The molecule has 2 nitrogen and oxygen atoms in total. The minimum Gasteiger partial charge on any atom is -0.548 e. The van der Waals surface area contributed by atoms with Crippen molar-refractivity contribution in [2.24, 2.45) is 0 Å². The van der Waals surface area contributed by atoms with E-state index >= 15 is 0 Å². The molecule has 0 saturated heterocycles. The summed E-state index contributed by atoms with van der Waals surface area (Å²) in [5.74, 6) is -1.12. The summed E-state index contributed by atoms with van der Waals surface area (Å²) < 4.78 is -1.02. The van der Waals surface area contributed by atoms with Gasteiger partial charge in [-0.1, -0.05) is 45.2 Å². The van der Waals surface area contributed by atoms with Crippen LogP contribution in [0.1, 0.15) is 19.8 Å². The summed E-state index contributed by atoms with van der Waals surface area (Å²) in [6.45, 7) is 1.90. The van der Waals surface area contributed by atoms with E-state index in [1.165, 1.54) is 0 Å². The molecule has 0 aliphatic heterocycles. The zero-order valence-electron chi connectivity index (χ0n) is 4.99. The second kappa shape index (κ2) is 3.56. The second-order valence-electron chi connectivity index (χ2n) is 1.74. The van der Waals surface area contributed by atoms with Crippen LogP contribution in [0.15, 0.2) is 0 Å². The van der Waals surface area contributed by atoms with Crippen molar-refractivity contribution < 1.29 is 9.90 Å². The van der Waals surface area contributed by atoms with Crippen molar-refractivity contribution in [3.63, 3.8) is 0 Å². The number of carbonyl (C=O) groups excluding carboxylic acids is 1. The molecule has 0 atom stereocenters. The van der Waals surface area contributed by atoms with Crippen LogP contribution in [0, 0.1) is 0 Å². The molecular formula is C5H7Br2O2-. The van der Waals surface area contributed by atoms with Crippen LogP contribution < -0.4 is 5.11 Å². The van der Waals surface area contributed by atoms with Crippen molar-refractivity contribution >= 4 is 37.8 Å². The number of carboxylic acids is 1. The number of rotatable bonds is 3. The smallest absolute Gasteiger partial charge is 0.119 e. The van der Waals surface area contributed by atoms with Crippen LogP contribution in [0.2, 0.25) is 0 Å². The van der Waals surface area contributed by atoms with Gasteiger partial charge < -0.3 is 9.90 Å². The number of halogens is 2. The van der Waals surface area contributed by atoms with E-state index in [0.29, 0.717) is 6.42 Å². The molecule has 0 amide bonds. The Balaban J connectivity index is 3.85. The third kappa shape index (κ3) is 3.20. The number of alkyl halides is 2. The monoisotopic (exact) mass is 257 g/mol. The molecule has 0 unspecified atom stereocenters. The molecule has 0 aromatic carbocycles. The Morgan fingerprint density at radius 1 is 1.67 bits per heavy atom. The minimum atomic E-state index is -1.12. The molecule has 4 heteroatoms. The Hall–Kier alpha value is 0.430. The van der Waals surface area contributed by atoms with Crippen molar-refractivity contribution in [1.82, 2.24) is 0 Å². The largest absolute Gasteiger partial charge is 0.548 e. The summed E-state index contributed by atoms with van der Waals surface area (Å²) in [6, 6.07) is 0. The Kier molecular flexibility index (Phi) is 3.73. The Morgan fingerprint density at radius 2 is 2.11 bits per heavy atom. The first-order valence-corrected chi connectivity index (χ1v) is 4.18. The van der Waals surface area contributed by atoms with Gasteiger partial charge in [-0.25, -0.2) is 0 Å². The fourth-order valence-electron chi connectivity index (χ4n) is 0.416. The molecule has 0 spiro atoms. The molecular weight excluding hydrogens is 252 g/mol. The number of aliphatic carboxylic acids is 1. The molecule has 0 aromatic rings. The quantitative estimate of drug-likeness (QED) is 0.710. The molecule has 0 N–H and O–H groups in total. The molecule has 54 valence electrons. The highest BCUT2D eigenvalue weighted by Gasteiger charge is 2.22. The van der Waals surface area contributed by atoms with E-state index < -0.39 is 9.20 Å². The van der Waals surface area contributed by atoms with E-state index in [0.717, 1.165) is 6.42 Å². The van der Waals surface area contributed by atoms with Crippen LogP contribution in [0.25, 0.3) is 0 Å². The van der Waals surface area contributed by atoms with Gasteiger partial charge in [0.1, 0.15) is 3.23 Å². The third-order valence-electron chi connectivity index (χ3n) is 0.863. The van der Waals surface area contributed by atoms with Crippen molar-refractivity contribution in [1.29, 1.82) is 0 Å². The van der Waals surface area contributed by atoms with Crippen LogP contribution in [0.4, 0.5) is 0 Å². The predicted octanol–water partition coefficient (Wildman–Crippen LogP) is 1.02. The molecule has 0 bridgehead atoms. The molecule has 9 heavy (non-hydrogen) atoms. The van der Waals surface area contributed by atoms with Gasteiger partial charge in [0.15, 0.2) is 0 Å². The normalized spacial score (nSPS) is 11.4. The molecule has 0 aliphatic carbocycles. The van der Waals surface area contributed by atoms with E-state index in [9.17, 15) is 9.90 Å². The lowest BCUT2D eigenvalue weighted by atomic mass is 10.2. The topological polar surface area (TPSA) is 40.1 Å². The number of hydrogen-bond donors (Lipinski definition) is 0. The lowest BCUT2D eigenvalue weighted by Crippen LogP contribution is -2.38. The zero-order chi connectivity index (χ0) is 7.49. The third-order valence-corrected chi connectivity index (χ3v) is 2.30. The maximum atomic E-state index is 10.2. The first-order valence-electron chi connectivity index (χ1n) is 2.60. The summed E-state index contributed by atoms with van der Waals surface area (Å²) in [6.07, 6.45) is 1.32. The van der Waals surface area contributed by atoms with Gasteiger partial charge in [-0.15, -0.1) is 0 Å². The van der Waals surface area contributed by atoms with Gasteiger partial charge in [0, 0.05) is 0 Å². The Morgan fingerprint density at radius 3 is 2.22 bits per heavy atom. The maximum Gasteiger partial charge on any atom is 0.119 e. The summed E-state index contributed by atoms with van der Waals surface area (Å²) in [5.41, 5.74) is 0. The second-order valence-corrected chi connectivity index (χ2v) is 5.51. The van der Waals surface area contributed by atoms with Gasteiger partial charge in [-0.2, -0.15) is 0 Å². The fraction of sp³-hybridized carbons (Fsp3) is 0.800. The van der Waals surface area contributed by atoms with E-state index in [1.807, 2.05) is 6.92 Å². The van der Waals surface area contributed by atoms with Crippen LogP contribution >= 0.6 is 31.9 Å². The van der Waals surface area contributed by atoms with Gasteiger partial charge in [0.2, 0.25) is 0 Å². The lowest BCUT2D eigenvalue weighted by Gasteiger charge is -2.19. The van der Waals surface area contributed by atoms with Gasteiger partial charge in [-0.3, -0.25) is 0 Å². The molecule has 0 fully saturated rings. The SMILES string of the molecule is CCCC(Br)(Br)C(=O)[O-]. The van der Waals surface area contributed by atoms with Gasteiger partial charge in [-0.05, 0) is 6.42 Å². The molecule has 0 rings (SSSR count). The molecule has 0 saturated carbocycles. The van der Waals surface area contributed by atoms with E-state index in [4.69, 9.17) is 0 Å². The highest BCUT2D eigenvalue weighted by atomic mass is 79.9. The van der Waals surface area contributed by atoms with E-state index in [-0.39, 0.29) is 0 Å². The summed E-state index contributed by atoms with van der Waals surface area (Å²) in [4.78, 5) is 10.2. The Labute approximate surface area is 70.9 Å². The average Bonchev–Trinajstić information content (AvgIpc) is 1.65. The first kappa shape index (κ1) is 9.43. The van der Waals surface area contributed by atoms with Gasteiger partial charge >= 0.3 is 0 Å². The standard InChI is InChI=1S/C5H8Br2O2/c1-2-3-5(6,7)4(8)9/h2-3H2,1H3,(H,8,9)/p-1. The van der Waals surface area contributed by atoms with Crippen LogP contribution in [0.5, 0.6) is 0 Å². The Bertz CT molecular complexity index is 112.